The molecule has 0 saturated heterocycles. The molecule has 34 heavy (non-hydrogen) atoms. The third-order valence-electron chi connectivity index (χ3n) is 4.56. The summed E-state index contributed by atoms with van der Waals surface area (Å²) in [6.45, 7) is -1.39. The number of oxazole rings is 1. The average Bonchev–Trinajstić information content (AvgIpc) is 3.21. The number of rotatable bonds is 9. The lowest BCUT2D eigenvalue weighted by atomic mass is 10.1. The number of amides is 1. The van der Waals surface area contributed by atoms with E-state index in [-0.39, 0.29) is 36.2 Å². The van der Waals surface area contributed by atoms with Crippen LogP contribution >= 0.6 is 0 Å². The molecule has 3 aromatic rings. The Hall–Kier alpha value is -3.98. The standard InChI is InChI=1S/C22H20F2N4O5S/c1-3-17-19(20(29)27-34(2,30)31)26-22(33-17)28(16-10-8-14(12-25)9-11-16)13-15-6-4-5-7-18(15)32-21(23)24/h4-11,21H,3,13H2,1-2H3,(H,27,29). The third kappa shape index (κ3) is 6.08. The van der Waals surface area contributed by atoms with E-state index in [1.54, 1.807) is 49.4 Å². The van der Waals surface area contributed by atoms with Gasteiger partial charge in [0, 0.05) is 17.7 Å². The number of nitrogens with one attached hydrogen (secondary N) is 1. The Balaban J connectivity index is 2.08. The summed E-state index contributed by atoms with van der Waals surface area (Å²) in [5.41, 5.74) is 1.01. The maximum Gasteiger partial charge on any atom is 0.387 e. The monoisotopic (exact) mass is 490 g/mol. The van der Waals surface area contributed by atoms with Gasteiger partial charge in [-0.25, -0.2) is 13.1 Å². The smallest absolute Gasteiger partial charge is 0.387 e. The molecule has 3 rings (SSSR count). The summed E-state index contributed by atoms with van der Waals surface area (Å²) in [7, 11) is -3.85. The van der Waals surface area contributed by atoms with Gasteiger partial charge >= 0.3 is 12.6 Å². The van der Waals surface area contributed by atoms with E-state index >= 15 is 0 Å². The number of ether oxygens (including phenoxy) is 1. The number of hydrogen-bond acceptors (Lipinski definition) is 8. The van der Waals surface area contributed by atoms with Crippen LogP contribution in [-0.4, -0.2) is 32.2 Å². The predicted octanol–water partition coefficient (Wildman–Crippen LogP) is 3.74. The lowest BCUT2D eigenvalue weighted by Crippen LogP contribution is -2.30. The van der Waals surface area contributed by atoms with Crippen LogP contribution in [0.3, 0.4) is 0 Å². The molecule has 0 aliphatic carbocycles. The first-order valence-corrected chi connectivity index (χ1v) is 11.8. The fraction of sp³-hybridized carbons (Fsp3) is 0.227. The van der Waals surface area contributed by atoms with Gasteiger partial charge in [-0.2, -0.15) is 19.0 Å². The lowest BCUT2D eigenvalue weighted by Gasteiger charge is -2.22. The van der Waals surface area contributed by atoms with Crippen LogP contribution in [-0.2, 0) is 23.0 Å². The van der Waals surface area contributed by atoms with Crippen molar-refractivity contribution in [2.45, 2.75) is 26.5 Å². The van der Waals surface area contributed by atoms with E-state index < -0.39 is 22.5 Å². The maximum atomic E-state index is 12.9. The van der Waals surface area contributed by atoms with Gasteiger partial charge in [0.25, 0.3) is 5.91 Å². The number of halogens is 2. The highest BCUT2D eigenvalue weighted by atomic mass is 32.2. The molecular weight excluding hydrogens is 470 g/mol. The molecule has 1 amide bonds. The molecule has 1 N–H and O–H groups in total. The highest BCUT2D eigenvalue weighted by Crippen LogP contribution is 2.32. The number of aryl methyl sites for hydroxylation is 1. The number of carbonyl (C=O) groups is 1. The molecular formula is C22H20F2N4O5S. The zero-order valence-electron chi connectivity index (χ0n) is 18.2. The number of carbonyl (C=O) groups excluding carboxylic acids is 1. The van der Waals surface area contributed by atoms with Crippen molar-refractivity contribution in [1.82, 2.24) is 9.71 Å². The van der Waals surface area contributed by atoms with E-state index in [2.05, 4.69) is 9.72 Å². The lowest BCUT2D eigenvalue weighted by molar-refractivity contribution is -0.0504. The normalized spacial score (nSPS) is 11.2. The summed E-state index contributed by atoms with van der Waals surface area (Å²) in [6, 6.07) is 14.4. The Bertz CT molecular complexity index is 1320. The molecule has 1 aromatic heterocycles. The second kappa shape index (κ2) is 10.3. The number of anilines is 2. The average molecular weight is 490 g/mol. The van der Waals surface area contributed by atoms with Gasteiger partial charge < -0.3 is 9.15 Å². The van der Waals surface area contributed by atoms with Crippen LogP contribution in [0.4, 0.5) is 20.5 Å². The van der Waals surface area contributed by atoms with Gasteiger partial charge in [0.1, 0.15) is 11.5 Å². The summed E-state index contributed by atoms with van der Waals surface area (Å²) in [6.07, 6.45) is 1.06. The third-order valence-corrected chi connectivity index (χ3v) is 5.11. The summed E-state index contributed by atoms with van der Waals surface area (Å²) < 4.78 is 61.0. The first kappa shape index (κ1) is 24.7. The molecule has 0 saturated carbocycles. The molecule has 0 radical (unpaired) electrons. The van der Waals surface area contributed by atoms with Crippen molar-refractivity contribution in [2.75, 3.05) is 11.2 Å². The molecule has 1 heterocycles. The fourth-order valence-corrected chi connectivity index (χ4v) is 3.52. The molecule has 0 fully saturated rings. The topological polar surface area (TPSA) is 126 Å². The summed E-state index contributed by atoms with van der Waals surface area (Å²) in [5.74, 6) is -0.893. The van der Waals surface area contributed by atoms with E-state index in [4.69, 9.17) is 9.68 Å². The van der Waals surface area contributed by atoms with Crippen molar-refractivity contribution >= 4 is 27.6 Å². The van der Waals surface area contributed by atoms with Crippen molar-refractivity contribution in [3.63, 3.8) is 0 Å². The van der Waals surface area contributed by atoms with Gasteiger partial charge in [0.15, 0.2) is 5.69 Å². The number of hydrogen-bond donors (Lipinski definition) is 1. The van der Waals surface area contributed by atoms with Crippen LogP contribution in [0.25, 0.3) is 0 Å². The fourth-order valence-electron chi connectivity index (χ4n) is 3.09. The number of alkyl halides is 2. The molecule has 9 nitrogen and oxygen atoms in total. The van der Waals surface area contributed by atoms with Gasteiger partial charge in [0.05, 0.1) is 24.4 Å². The van der Waals surface area contributed by atoms with Crippen molar-refractivity contribution in [2.24, 2.45) is 0 Å². The molecule has 0 atom stereocenters. The second-order valence-electron chi connectivity index (χ2n) is 7.06. The number of sulfonamides is 1. The summed E-state index contributed by atoms with van der Waals surface area (Å²) in [4.78, 5) is 18.2. The van der Waals surface area contributed by atoms with E-state index in [0.717, 1.165) is 6.26 Å². The van der Waals surface area contributed by atoms with Crippen LogP contribution < -0.4 is 14.4 Å². The van der Waals surface area contributed by atoms with Crippen LogP contribution in [0.2, 0.25) is 0 Å². The van der Waals surface area contributed by atoms with Crippen LogP contribution in [0.15, 0.2) is 52.9 Å². The Morgan fingerprint density at radius 2 is 1.91 bits per heavy atom. The number of nitriles is 1. The Morgan fingerprint density at radius 3 is 2.50 bits per heavy atom. The summed E-state index contributed by atoms with van der Waals surface area (Å²) in [5, 5.41) is 9.09. The van der Waals surface area contributed by atoms with Crippen LogP contribution in [0.1, 0.15) is 34.3 Å². The van der Waals surface area contributed by atoms with E-state index in [0.29, 0.717) is 16.8 Å². The van der Waals surface area contributed by atoms with Gasteiger partial charge in [-0.05, 0) is 30.3 Å². The highest BCUT2D eigenvalue weighted by molar-refractivity contribution is 7.89. The van der Waals surface area contributed by atoms with Gasteiger partial charge in [0.2, 0.25) is 10.0 Å². The number of benzene rings is 2. The largest absolute Gasteiger partial charge is 0.434 e. The Labute approximate surface area is 194 Å². The molecule has 2 aromatic carbocycles. The SMILES string of the molecule is CCc1oc(N(Cc2ccccc2OC(F)F)c2ccc(C#N)cc2)nc1C(=O)NS(C)(=O)=O. The zero-order chi connectivity index (χ0) is 24.9. The van der Waals surface area contributed by atoms with Gasteiger partial charge in [-0.15, -0.1) is 0 Å². The molecule has 0 aliphatic rings. The van der Waals surface area contributed by atoms with E-state index in [1.165, 1.54) is 11.0 Å². The number of nitrogens with zero attached hydrogens (tertiary/aromatic N) is 3. The molecule has 178 valence electrons. The van der Waals surface area contributed by atoms with E-state index in [9.17, 15) is 22.0 Å². The van der Waals surface area contributed by atoms with Crippen molar-refractivity contribution in [1.29, 1.82) is 5.26 Å². The number of aromatic nitrogens is 1. The van der Waals surface area contributed by atoms with Crippen molar-refractivity contribution in [3.05, 3.63) is 71.1 Å². The van der Waals surface area contributed by atoms with Crippen LogP contribution in [0, 0.1) is 11.3 Å². The van der Waals surface area contributed by atoms with Crippen LogP contribution in [0.5, 0.6) is 5.75 Å². The summed E-state index contributed by atoms with van der Waals surface area (Å²) >= 11 is 0. The minimum atomic E-state index is -3.85. The van der Waals surface area contributed by atoms with Crippen molar-refractivity contribution < 1.29 is 31.1 Å². The molecule has 0 bridgehead atoms. The minimum absolute atomic E-state index is 0.0500. The quantitative estimate of drug-likeness (QED) is 0.481. The molecule has 0 unspecified atom stereocenters. The Morgan fingerprint density at radius 1 is 1.24 bits per heavy atom. The second-order valence-corrected chi connectivity index (χ2v) is 8.80. The van der Waals surface area contributed by atoms with Gasteiger partial charge in [-0.1, -0.05) is 25.1 Å². The molecule has 12 heteroatoms. The number of para-hydroxylation sites is 1. The first-order valence-electron chi connectivity index (χ1n) is 9.93. The zero-order valence-corrected chi connectivity index (χ0v) is 19.0. The Kier molecular flexibility index (Phi) is 7.47. The maximum absolute atomic E-state index is 12.9. The predicted molar refractivity (Wildman–Crippen MR) is 118 cm³/mol. The molecule has 0 spiro atoms. The van der Waals surface area contributed by atoms with Crippen molar-refractivity contribution in [3.8, 4) is 11.8 Å². The van der Waals surface area contributed by atoms with Gasteiger partial charge in [-0.3, -0.25) is 9.69 Å². The molecule has 0 aliphatic heterocycles. The van der Waals surface area contributed by atoms with E-state index in [1.807, 2.05) is 10.8 Å². The minimum Gasteiger partial charge on any atom is -0.434 e. The first-order chi connectivity index (χ1) is 16.1. The highest BCUT2D eigenvalue weighted by Gasteiger charge is 2.26.